The molecule has 1 aliphatic heterocycles. The predicted octanol–water partition coefficient (Wildman–Crippen LogP) is 3.85. The van der Waals surface area contributed by atoms with E-state index in [0.717, 1.165) is 18.6 Å². The van der Waals surface area contributed by atoms with Crippen LogP contribution in [0.25, 0.3) is 0 Å². The molecular weight excluding hydrogens is 371 g/mol. The Hall–Kier alpha value is -1.80. The van der Waals surface area contributed by atoms with E-state index < -0.39 is 11.7 Å². The topological polar surface area (TPSA) is 44.8 Å². The summed E-state index contributed by atoms with van der Waals surface area (Å²) >= 11 is 0. The number of carbonyl (C=O) groups excluding carboxylic acids is 1. The number of hydrogen-bond acceptors (Lipinski definition) is 4. The second kappa shape index (κ2) is 9.60. The van der Waals surface area contributed by atoms with E-state index in [1.54, 1.807) is 0 Å². The lowest BCUT2D eigenvalue weighted by atomic mass is 10.0. The molecule has 1 fully saturated rings. The Bertz CT molecular complexity index is 659. The molecule has 28 heavy (non-hydrogen) atoms. The van der Waals surface area contributed by atoms with Crippen LogP contribution in [0.5, 0.6) is 0 Å². The number of carbonyl (C=O) groups is 1. The monoisotopic (exact) mass is 401 g/mol. The fraction of sp³-hybridized carbons (Fsp3) is 0.650. The van der Waals surface area contributed by atoms with Gasteiger partial charge in [0.1, 0.15) is 0 Å². The number of nitrogens with zero attached hydrogens (tertiary/aromatic N) is 2. The maximum absolute atomic E-state index is 13.2. The smallest absolute Gasteiger partial charge is 0.378 e. The van der Waals surface area contributed by atoms with Crippen LogP contribution in [0.2, 0.25) is 0 Å². The van der Waals surface area contributed by atoms with E-state index >= 15 is 0 Å². The van der Waals surface area contributed by atoms with Crippen molar-refractivity contribution in [1.29, 1.82) is 0 Å². The number of morpholine rings is 1. The minimum atomic E-state index is -4.47. The molecule has 0 saturated carbocycles. The van der Waals surface area contributed by atoms with E-state index in [-0.39, 0.29) is 24.2 Å². The lowest BCUT2D eigenvalue weighted by Crippen LogP contribution is -2.38. The summed E-state index contributed by atoms with van der Waals surface area (Å²) in [5.41, 5.74) is -0.00416. The molecule has 1 amide bonds. The predicted molar refractivity (Wildman–Crippen MR) is 105 cm³/mol. The van der Waals surface area contributed by atoms with Gasteiger partial charge in [0.2, 0.25) is 5.91 Å². The first-order valence-corrected chi connectivity index (χ1v) is 9.62. The Morgan fingerprint density at radius 3 is 2.46 bits per heavy atom. The molecule has 2 rings (SSSR count). The number of benzene rings is 1. The van der Waals surface area contributed by atoms with Crippen LogP contribution in [0.3, 0.4) is 0 Å². The standard InChI is InChI=1S/C20H30F3N3O2/c1-14(2)11-15(3)25(4)13-19(27)24-17-12-16(20(21,22)23)5-6-18(17)26-7-9-28-10-8-26/h5-6,12,14-15H,7-11,13H2,1-4H3,(H,24,27). The van der Waals surface area contributed by atoms with Crippen LogP contribution < -0.4 is 10.2 Å². The summed E-state index contributed by atoms with van der Waals surface area (Å²) in [4.78, 5) is 16.4. The van der Waals surface area contributed by atoms with E-state index in [2.05, 4.69) is 19.2 Å². The number of hydrogen-bond donors (Lipinski definition) is 1. The summed E-state index contributed by atoms with van der Waals surface area (Å²) in [7, 11) is 1.85. The van der Waals surface area contributed by atoms with Gasteiger partial charge >= 0.3 is 6.18 Å². The number of ether oxygens (including phenoxy) is 1. The van der Waals surface area contributed by atoms with E-state index in [1.807, 2.05) is 23.8 Å². The number of amides is 1. The molecule has 5 nitrogen and oxygen atoms in total. The van der Waals surface area contributed by atoms with Crippen molar-refractivity contribution in [2.24, 2.45) is 5.92 Å². The van der Waals surface area contributed by atoms with Crippen molar-refractivity contribution in [1.82, 2.24) is 4.90 Å². The molecule has 0 radical (unpaired) electrons. The Kier molecular flexibility index (Phi) is 7.71. The second-order valence-corrected chi connectivity index (χ2v) is 7.77. The number of rotatable bonds is 7. The summed E-state index contributed by atoms with van der Waals surface area (Å²) < 4.78 is 44.8. The maximum Gasteiger partial charge on any atom is 0.416 e. The van der Waals surface area contributed by atoms with Crippen molar-refractivity contribution < 1.29 is 22.7 Å². The molecule has 0 bridgehead atoms. The van der Waals surface area contributed by atoms with Gasteiger partial charge in [-0.05, 0) is 44.5 Å². The molecule has 1 aromatic rings. The average Bonchev–Trinajstić information content (AvgIpc) is 2.61. The zero-order valence-electron chi connectivity index (χ0n) is 17.0. The molecule has 0 aromatic heterocycles. The van der Waals surface area contributed by atoms with Crippen molar-refractivity contribution in [2.75, 3.05) is 50.1 Å². The van der Waals surface area contributed by atoms with Gasteiger partial charge in [-0.2, -0.15) is 13.2 Å². The fourth-order valence-corrected chi connectivity index (χ4v) is 3.33. The van der Waals surface area contributed by atoms with Gasteiger partial charge in [-0.15, -0.1) is 0 Å². The zero-order chi connectivity index (χ0) is 20.9. The highest BCUT2D eigenvalue weighted by Gasteiger charge is 2.32. The minimum absolute atomic E-state index is 0.118. The molecular formula is C20H30F3N3O2. The summed E-state index contributed by atoms with van der Waals surface area (Å²) in [6, 6.07) is 3.69. The van der Waals surface area contributed by atoms with Crippen LogP contribution in [0, 0.1) is 5.92 Å². The number of halogens is 3. The van der Waals surface area contributed by atoms with E-state index in [1.165, 1.54) is 6.07 Å². The van der Waals surface area contributed by atoms with Crippen molar-refractivity contribution in [3.63, 3.8) is 0 Å². The molecule has 8 heteroatoms. The normalized spacial score (nSPS) is 16.5. The molecule has 1 N–H and O–H groups in total. The second-order valence-electron chi connectivity index (χ2n) is 7.77. The highest BCUT2D eigenvalue weighted by Crippen LogP contribution is 2.35. The number of anilines is 2. The molecule has 1 heterocycles. The Balaban J connectivity index is 2.17. The Labute approximate surface area is 164 Å². The summed E-state index contributed by atoms with van der Waals surface area (Å²) in [5.74, 6) is 0.170. The van der Waals surface area contributed by atoms with Gasteiger partial charge in [0.25, 0.3) is 0 Å². The first-order valence-electron chi connectivity index (χ1n) is 9.62. The number of nitrogens with one attached hydrogen (secondary N) is 1. The van der Waals surface area contributed by atoms with Crippen molar-refractivity contribution in [2.45, 2.75) is 39.4 Å². The van der Waals surface area contributed by atoms with Crippen LogP contribution in [0.1, 0.15) is 32.8 Å². The molecule has 1 atom stereocenters. The highest BCUT2D eigenvalue weighted by molar-refractivity contribution is 5.95. The quantitative estimate of drug-likeness (QED) is 0.754. The van der Waals surface area contributed by atoms with Gasteiger partial charge in [0.15, 0.2) is 0 Å². The Morgan fingerprint density at radius 1 is 1.25 bits per heavy atom. The largest absolute Gasteiger partial charge is 0.416 e. The molecule has 0 spiro atoms. The Morgan fingerprint density at radius 2 is 1.89 bits per heavy atom. The SMILES string of the molecule is CC(C)CC(C)N(C)CC(=O)Nc1cc(C(F)(F)F)ccc1N1CCOCC1. The van der Waals surface area contributed by atoms with Gasteiger partial charge in [-0.1, -0.05) is 13.8 Å². The molecule has 0 aliphatic carbocycles. The van der Waals surface area contributed by atoms with Crippen molar-refractivity contribution >= 4 is 17.3 Å². The third-order valence-corrected chi connectivity index (χ3v) is 4.91. The lowest BCUT2D eigenvalue weighted by Gasteiger charge is -2.31. The van der Waals surface area contributed by atoms with Crippen molar-refractivity contribution in [3.8, 4) is 0 Å². The van der Waals surface area contributed by atoms with Crippen LogP contribution in [-0.2, 0) is 15.7 Å². The molecule has 1 aliphatic rings. The molecule has 1 saturated heterocycles. The van der Waals surface area contributed by atoms with Crippen molar-refractivity contribution in [3.05, 3.63) is 23.8 Å². The van der Waals surface area contributed by atoms with Gasteiger partial charge in [-0.25, -0.2) is 0 Å². The van der Waals surface area contributed by atoms with Crippen LogP contribution in [0.15, 0.2) is 18.2 Å². The third kappa shape index (κ3) is 6.38. The molecule has 158 valence electrons. The maximum atomic E-state index is 13.2. The molecule has 1 aromatic carbocycles. The van der Waals surface area contributed by atoms with E-state index in [0.29, 0.717) is 37.9 Å². The summed E-state index contributed by atoms with van der Waals surface area (Å²) in [6.45, 7) is 8.53. The van der Waals surface area contributed by atoms with Gasteiger partial charge in [-0.3, -0.25) is 9.69 Å². The van der Waals surface area contributed by atoms with Gasteiger partial charge in [0, 0.05) is 19.1 Å². The first kappa shape index (κ1) is 22.5. The number of alkyl halides is 3. The minimum Gasteiger partial charge on any atom is -0.378 e. The molecule has 1 unspecified atom stereocenters. The first-order chi connectivity index (χ1) is 13.1. The van der Waals surface area contributed by atoms with Gasteiger partial charge < -0.3 is 15.0 Å². The van der Waals surface area contributed by atoms with Crippen LogP contribution in [0.4, 0.5) is 24.5 Å². The lowest BCUT2D eigenvalue weighted by molar-refractivity contribution is -0.137. The van der Waals surface area contributed by atoms with Crippen LogP contribution >= 0.6 is 0 Å². The highest BCUT2D eigenvalue weighted by atomic mass is 19.4. The van der Waals surface area contributed by atoms with E-state index in [4.69, 9.17) is 4.74 Å². The third-order valence-electron chi connectivity index (χ3n) is 4.91. The summed E-state index contributed by atoms with van der Waals surface area (Å²) in [5, 5.41) is 2.70. The number of likely N-dealkylation sites (N-methyl/N-ethyl adjacent to an activating group) is 1. The fourth-order valence-electron chi connectivity index (χ4n) is 3.33. The van der Waals surface area contributed by atoms with Crippen LogP contribution in [-0.4, -0.2) is 56.7 Å². The van der Waals surface area contributed by atoms with Gasteiger partial charge in [0.05, 0.1) is 36.7 Å². The van der Waals surface area contributed by atoms with E-state index in [9.17, 15) is 18.0 Å². The summed E-state index contributed by atoms with van der Waals surface area (Å²) in [6.07, 6.45) is -3.53. The zero-order valence-corrected chi connectivity index (χ0v) is 17.0. The average molecular weight is 401 g/mol.